The Labute approximate surface area is 127 Å². The van der Waals surface area contributed by atoms with Crippen molar-refractivity contribution in [2.75, 3.05) is 11.9 Å². The Hall–Kier alpha value is -2.95. The van der Waals surface area contributed by atoms with Gasteiger partial charge in [-0.1, -0.05) is 29.8 Å². The summed E-state index contributed by atoms with van der Waals surface area (Å²) in [5.41, 5.74) is 2.48. The van der Waals surface area contributed by atoms with E-state index in [1.54, 1.807) is 12.1 Å². The predicted octanol–water partition coefficient (Wildman–Crippen LogP) is 2.60. The van der Waals surface area contributed by atoms with E-state index in [4.69, 9.17) is 4.74 Å². The Bertz CT molecular complexity index is 675. The number of amides is 1. The lowest BCUT2D eigenvalue weighted by atomic mass is 10.1. The molecule has 2 rings (SSSR count). The van der Waals surface area contributed by atoms with Gasteiger partial charge in [0, 0.05) is 11.3 Å². The number of carbonyl (C=O) groups is 3. The van der Waals surface area contributed by atoms with E-state index < -0.39 is 11.9 Å². The molecule has 0 saturated carbocycles. The smallest absolute Gasteiger partial charge is 0.338 e. The number of nitrogens with one attached hydrogen (secondary N) is 1. The van der Waals surface area contributed by atoms with Gasteiger partial charge in [-0.3, -0.25) is 9.59 Å². The minimum absolute atomic E-state index is 0.286. The van der Waals surface area contributed by atoms with Crippen LogP contribution in [0, 0.1) is 6.92 Å². The summed E-state index contributed by atoms with van der Waals surface area (Å²) in [4.78, 5) is 34.0. The van der Waals surface area contributed by atoms with Gasteiger partial charge in [0.15, 0.2) is 6.61 Å². The molecule has 0 aliphatic carbocycles. The molecule has 0 atom stereocenters. The maximum atomic E-state index is 11.8. The highest BCUT2D eigenvalue weighted by atomic mass is 16.5. The van der Waals surface area contributed by atoms with E-state index in [1.165, 1.54) is 24.3 Å². The van der Waals surface area contributed by atoms with Crippen LogP contribution in [0.3, 0.4) is 0 Å². The van der Waals surface area contributed by atoms with E-state index in [0.29, 0.717) is 17.5 Å². The van der Waals surface area contributed by atoms with Crippen molar-refractivity contribution >= 4 is 23.9 Å². The molecule has 2 aromatic carbocycles. The predicted molar refractivity (Wildman–Crippen MR) is 81.9 cm³/mol. The van der Waals surface area contributed by atoms with E-state index in [-0.39, 0.29) is 12.2 Å². The van der Waals surface area contributed by atoms with Crippen LogP contribution >= 0.6 is 0 Å². The lowest BCUT2D eigenvalue weighted by Crippen LogP contribution is -2.20. The van der Waals surface area contributed by atoms with Gasteiger partial charge in [-0.2, -0.15) is 0 Å². The molecule has 0 bridgehead atoms. The van der Waals surface area contributed by atoms with Gasteiger partial charge in [-0.25, -0.2) is 4.79 Å². The summed E-state index contributed by atoms with van der Waals surface area (Å²) >= 11 is 0. The first kappa shape index (κ1) is 15.4. The van der Waals surface area contributed by atoms with Gasteiger partial charge in [0.25, 0.3) is 5.91 Å². The first-order valence-corrected chi connectivity index (χ1v) is 6.67. The van der Waals surface area contributed by atoms with Crippen LogP contribution in [-0.2, 0) is 9.53 Å². The fourth-order valence-electron chi connectivity index (χ4n) is 1.75. The molecular weight excluding hydrogens is 282 g/mol. The summed E-state index contributed by atoms with van der Waals surface area (Å²) in [6.45, 7) is 1.57. The maximum Gasteiger partial charge on any atom is 0.338 e. The molecule has 5 nitrogen and oxygen atoms in total. The lowest BCUT2D eigenvalue weighted by molar-refractivity contribution is -0.119. The van der Waals surface area contributed by atoms with Crippen LogP contribution in [0.25, 0.3) is 0 Å². The summed E-state index contributed by atoms with van der Waals surface area (Å²) < 4.78 is 4.92. The van der Waals surface area contributed by atoms with E-state index in [0.717, 1.165) is 5.56 Å². The van der Waals surface area contributed by atoms with E-state index in [2.05, 4.69) is 5.32 Å². The van der Waals surface area contributed by atoms with Crippen molar-refractivity contribution in [3.63, 3.8) is 0 Å². The highest BCUT2D eigenvalue weighted by Crippen LogP contribution is 2.09. The maximum absolute atomic E-state index is 11.8. The molecule has 2 aromatic rings. The van der Waals surface area contributed by atoms with Gasteiger partial charge >= 0.3 is 5.97 Å². The van der Waals surface area contributed by atoms with E-state index in [1.807, 2.05) is 19.1 Å². The summed E-state index contributed by atoms with van der Waals surface area (Å²) in [5, 5.41) is 2.63. The largest absolute Gasteiger partial charge is 0.452 e. The zero-order chi connectivity index (χ0) is 15.9. The Morgan fingerprint density at radius 1 is 1.05 bits per heavy atom. The summed E-state index contributed by atoms with van der Waals surface area (Å²) in [5.74, 6) is -1.03. The van der Waals surface area contributed by atoms with Gasteiger partial charge in [0.05, 0.1) is 5.56 Å². The summed E-state index contributed by atoms with van der Waals surface area (Å²) in [6.07, 6.45) is 0.685. The van der Waals surface area contributed by atoms with Gasteiger partial charge in [-0.15, -0.1) is 0 Å². The van der Waals surface area contributed by atoms with Crippen LogP contribution in [0.5, 0.6) is 0 Å². The number of hydrogen-bond donors (Lipinski definition) is 1. The first-order chi connectivity index (χ1) is 10.6. The Kier molecular flexibility index (Phi) is 5.03. The van der Waals surface area contributed by atoms with E-state index in [9.17, 15) is 14.4 Å². The van der Waals surface area contributed by atoms with Crippen molar-refractivity contribution in [1.29, 1.82) is 0 Å². The second-order valence-electron chi connectivity index (χ2n) is 4.73. The van der Waals surface area contributed by atoms with Crippen LogP contribution in [-0.4, -0.2) is 24.8 Å². The van der Waals surface area contributed by atoms with E-state index >= 15 is 0 Å². The molecular formula is C17H15NO4. The molecule has 0 unspecified atom stereocenters. The van der Waals surface area contributed by atoms with Crippen LogP contribution in [0.15, 0.2) is 48.5 Å². The first-order valence-electron chi connectivity index (χ1n) is 6.67. The third-order valence-electron chi connectivity index (χ3n) is 2.95. The standard InChI is InChI=1S/C17H15NO4/c1-12-2-8-15(9-3-12)18-16(20)11-22-17(21)14-6-4-13(10-19)5-7-14/h2-10H,11H2,1H3,(H,18,20). The SMILES string of the molecule is Cc1ccc(NC(=O)COC(=O)c2ccc(C=O)cc2)cc1. The zero-order valence-corrected chi connectivity index (χ0v) is 12.0. The summed E-state index contributed by atoms with van der Waals surface area (Å²) in [7, 11) is 0. The molecule has 0 aliphatic heterocycles. The average Bonchev–Trinajstić information content (AvgIpc) is 2.55. The number of aryl methyl sites for hydroxylation is 1. The molecule has 112 valence electrons. The minimum atomic E-state index is -0.614. The van der Waals surface area contributed by atoms with Gasteiger partial charge in [0.2, 0.25) is 0 Å². The monoisotopic (exact) mass is 297 g/mol. The third kappa shape index (κ3) is 4.28. The van der Waals surface area contributed by atoms with Crippen molar-refractivity contribution in [2.45, 2.75) is 6.92 Å². The number of aldehydes is 1. The van der Waals surface area contributed by atoms with Gasteiger partial charge in [0.1, 0.15) is 6.29 Å². The quantitative estimate of drug-likeness (QED) is 0.680. The number of benzene rings is 2. The number of carbonyl (C=O) groups excluding carboxylic acids is 3. The second-order valence-corrected chi connectivity index (χ2v) is 4.73. The molecule has 0 fully saturated rings. The molecule has 0 radical (unpaired) electrons. The van der Waals surface area contributed by atoms with Crippen LogP contribution in [0.1, 0.15) is 26.3 Å². The number of ether oxygens (including phenoxy) is 1. The minimum Gasteiger partial charge on any atom is -0.452 e. The van der Waals surface area contributed by atoms with Crippen LogP contribution in [0.2, 0.25) is 0 Å². The van der Waals surface area contributed by atoms with Crippen molar-refractivity contribution in [1.82, 2.24) is 0 Å². The Balaban J connectivity index is 1.85. The van der Waals surface area contributed by atoms with Crippen LogP contribution < -0.4 is 5.32 Å². The van der Waals surface area contributed by atoms with Crippen molar-refractivity contribution < 1.29 is 19.1 Å². The highest BCUT2D eigenvalue weighted by Gasteiger charge is 2.10. The molecule has 22 heavy (non-hydrogen) atoms. The number of anilines is 1. The van der Waals surface area contributed by atoms with Crippen molar-refractivity contribution in [2.24, 2.45) is 0 Å². The second kappa shape index (κ2) is 7.17. The number of esters is 1. The normalized spacial score (nSPS) is 9.86. The third-order valence-corrected chi connectivity index (χ3v) is 2.95. The lowest BCUT2D eigenvalue weighted by Gasteiger charge is -2.07. The molecule has 1 amide bonds. The molecule has 0 saturated heterocycles. The molecule has 0 spiro atoms. The molecule has 0 aliphatic rings. The van der Waals surface area contributed by atoms with Crippen molar-refractivity contribution in [3.05, 3.63) is 65.2 Å². The fraction of sp³-hybridized carbons (Fsp3) is 0.118. The van der Waals surface area contributed by atoms with Crippen molar-refractivity contribution in [3.8, 4) is 0 Å². The molecule has 1 N–H and O–H groups in total. The van der Waals surface area contributed by atoms with Gasteiger partial charge < -0.3 is 10.1 Å². The Morgan fingerprint density at radius 3 is 2.27 bits per heavy atom. The number of rotatable bonds is 5. The molecule has 5 heteroatoms. The topological polar surface area (TPSA) is 72.5 Å². The molecule has 0 heterocycles. The highest BCUT2D eigenvalue weighted by molar-refractivity contribution is 5.95. The molecule has 0 aromatic heterocycles. The fourth-order valence-corrected chi connectivity index (χ4v) is 1.75. The van der Waals surface area contributed by atoms with Gasteiger partial charge in [-0.05, 0) is 31.2 Å². The summed E-state index contributed by atoms with van der Waals surface area (Å²) in [6, 6.07) is 13.3. The average molecular weight is 297 g/mol. The zero-order valence-electron chi connectivity index (χ0n) is 12.0. The Morgan fingerprint density at radius 2 is 1.68 bits per heavy atom. The van der Waals surface area contributed by atoms with Crippen LogP contribution in [0.4, 0.5) is 5.69 Å². The number of hydrogen-bond acceptors (Lipinski definition) is 4.